The normalized spacial score (nSPS) is 16.4. The van der Waals surface area contributed by atoms with Crippen molar-refractivity contribution in [2.24, 2.45) is 12.0 Å². The van der Waals surface area contributed by atoms with Gasteiger partial charge in [-0.25, -0.2) is 9.37 Å². The number of hydrogen-bond donors (Lipinski definition) is 0. The van der Waals surface area contributed by atoms with E-state index >= 15 is 0 Å². The molecule has 5 rings (SSSR count). The summed E-state index contributed by atoms with van der Waals surface area (Å²) in [5.74, 6) is 0.800. The molecule has 2 aliphatic heterocycles. The zero-order valence-electron chi connectivity index (χ0n) is 14.3. The quantitative estimate of drug-likeness (QED) is 0.729. The minimum absolute atomic E-state index is 0.411. The van der Waals surface area contributed by atoms with Crippen LogP contribution in [0.15, 0.2) is 48.0 Å². The Labute approximate surface area is 150 Å². The molecule has 5 heterocycles. The van der Waals surface area contributed by atoms with Crippen LogP contribution in [0.3, 0.4) is 0 Å². The maximum Gasteiger partial charge on any atom is 0.135 e. The first kappa shape index (κ1) is 15.2. The number of alkyl halides is 1. The number of aromatic nitrogens is 4. The van der Waals surface area contributed by atoms with Crippen molar-refractivity contribution >= 4 is 11.5 Å². The third-order valence-corrected chi connectivity index (χ3v) is 4.83. The zero-order chi connectivity index (χ0) is 17.7. The van der Waals surface area contributed by atoms with Gasteiger partial charge in [0.15, 0.2) is 0 Å². The Kier molecular flexibility index (Phi) is 3.34. The predicted octanol–water partition coefficient (Wildman–Crippen LogP) is 2.39. The molecule has 7 heteroatoms. The van der Waals surface area contributed by atoms with Crippen molar-refractivity contribution in [3.63, 3.8) is 0 Å². The number of pyridine rings is 2. The van der Waals surface area contributed by atoms with E-state index in [1.165, 1.54) is 0 Å². The Morgan fingerprint density at radius 2 is 2.00 bits per heavy atom. The molecule has 26 heavy (non-hydrogen) atoms. The number of aliphatic imine (C=N–C) groups is 1. The van der Waals surface area contributed by atoms with Crippen LogP contribution < -0.4 is 4.90 Å². The number of anilines is 1. The van der Waals surface area contributed by atoms with E-state index in [1.807, 2.05) is 42.7 Å². The molecule has 0 aliphatic carbocycles. The Morgan fingerprint density at radius 1 is 1.12 bits per heavy atom. The van der Waals surface area contributed by atoms with E-state index < -0.39 is 6.17 Å². The molecule has 0 bridgehead atoms. The fraction of sp³-hybridized carbons (Fsp3) is 0.263. The van der Waals surface area contributed by atoms with Crippen LogP contribution in [0.5, 0.6) is 0 Å². The lowest BCUT2D eigenvalue weighted by Crippen LogP contribution is -2.48. The van der Waals surface area contributed by atoms with Gasteiger partial charge in [0.05, 0.1) is 37.2 Å². The van der Waals surface area contributed by atoms with Gasteiger partial charge < -0.3 is 4.90 Å². The first-order chi connectivity index (χ1) is 12.7. The number of rotatable bonds is 3. The maximum absolute atomic E-state index is 13.2. The molecule has 0 aromatic carbocycles. The first-order valence-electron chi connectivity index (χ1n) is 8.55. The Hall–Kier alpha value is -3.09. The second-order valence-corrected chi connectivity index (χ2v) is 6.70. The third kappa shape index (κ3) is 2.47. The van der Waals surface area contributed by atoms with Crippen LogP contribution in [0, 0.1) is 0 Å². The maximum atomic E-state index is 13.2. The van der Waals surface area contributed by atoms with Crippen LogP contribution >= 0.6 is 0 Å². The lowest BCUT2D eigenvalue weighted by molar-refractivity contribution is 0.273. The summed E-state index contributed by atoms with van der Waals surface area (Å²) < 4.78 is 14.9. The molecule has 3 aromatic heterocycles. The van der Waals surface area contributed by atoms with Crippen LogP contribution in [-0.2, 0) is 13.6 Å². The summed E-state index contributed by atoms with van der Waals surface area (Å²) in [4.78, 5) is 15.6. The number of hydrogen-bond acceptors (Lipinski definition) is 5. The molecular weight excluding hydrogens is 331 g/mol. The molecule has 0 atom stereocenters. The Balaban J connectivity index is 1.50. The Morgan fingerprint density at radius 3 is 2.77 bits per heavy atom. The van der Waals surface area contributed by atoms with Crippen LogP contribution in [0.2, 0.25) is 0 Å². The van der Waals surface area contributed by atoms with Gasteiger partial charge in [-0.15, -0.1) is 0 Å². The monoisotopic (exact) mass is 348 g/mol. The molecule has 0 N–H and O–H groups in total. The van der Waals surface area contributed by atoms with Gasteiger partial charge in [-0.1, -0.05) is 0 Å². The van der Waals surface area contributed by atoms with E-state index in [0.29, 0.717) is 19.6 Å². The molecule has 1 saturated heterocycles. The molecule has 0 unspecified atom stereocenters. The van der Waals surface area contributed by atoms with Gasteiger partial charge in [-0.2, -0.15) is 5.10 Å². The van der Waals surface area contributed by atoms with Gasteiger partial charge in [0.2, 0.25) is 0 Å². The smallest absolute Gasteiger partial charge is 0.135 e. The van der Waals surface area contributed by atoms with Crippen LogP contribution in [-0.4, -0.2) is 44.7 Å². The average molecular weight is 348 g/mol. The van der Waals surface area contributed by atoms with E-state index in [0.717, 1.165) is 39.5 Å². The molecule has 0 amide bonds. The summed E-state index contributed by atoms with van der Waals surface area (Å²) in [7, 11) is 1.89. The second kappa shape index (κ2) is 5.72. The highest BCUT2D eigenvalue weighted by molar-refractivity contribution is 6.15. The van der Waals surface area contributed by atoms with Crippen molar-refractivity contribution in [3.8, 4) is 11.3 Å². The van der Waals surface area contributed by atoms with Crippen molar-refractivity contribution in [2.45, 2.75) is 12.7 Å². The number of halogens is 1. The number of nitrogens with zero attached hydrogens (tertiary/aromatic N) is 6. The van der Waals surface area contributed by atoms with Gasteiger partial charge in [0.1, 0.15) is 12.0 Å². The molecule has 0 radical (unpaired) electrons. The van der Waals surface area contributed by atoms with Crippen LogP contribution in [0.4, 0.5) is 10.2 Å². The Bertz CT molecular complexity index is 1020. The molecule has 1 fully saturated rings. The van der Waals surface area contributed by atoms with E-state index in [2.05, 4.69) is 21.1 Å². The fourth-order valence-electron chi connectivity index (χ4n) is 3.39. The highest BCUT2D eigenvalue weighted by Gasteiger charge is 2.28. The van der Waals surface area contributed by atoms with E-state index in [-0.39, 0.29) is 0 Å². The lowest BCUT2D eigenvalue weighted by Gasteiger charge is -2.35. The fourth-order valence-corrected chi connectivity index (χ4v) is 3.39. The first-order valence-corrected chi connectivity index (χ1v) is 8.55. The zero-order valence-corrected chi connectivity index (χ0v) is 14.3. The summed E-state index contributed by atoms with van der Waals surface area (Å²) in [5.41, 5.74) is 5.99. The van der Waals surface area contributed by atoms with E-state index in [4.69, 9.17) is 4.99 Å². The van der Waals surface area contributed by atoms with Crippen molar-refractivity contribution in [2.75, 3.05) is 18.0 Å². The molecular formula is C19H17FN6. The SMILES string of the molecule is Cn1cc(-c2cc3c(cn2)CN=C3c2ccnc(N3CC(F)C3)c2)cn1. The average Bonchev–Trinajstić information content (AvgIpc) is 3.24. The summed E-state index contributed by atoms with van der Waals surface area (Å²) >= 11 is 0. The lowest BCUT2D eigenvalue weighted by atomic mass is 10.00. The predicted molar refractivity (Wildman–Crippen MR) is 97.1 cm³/mol. The molecule has 130 valence electrons. The largest absolute Gasteiger partial charge is 0.351 e. The highest BCUT2D eigenvalue weighted by atomic mass is 19.1. The second-order valence-electron chi connectivity index (χ2n) is 6.70. The summed E-state index contributed by atoms with van der Waals surface area (Å²) in [6, 6.07) is 6.01. The van der Waals surface area contributed by atoms with Gasteiger partial charge in [0, 0.05) is 47.9 Å². The topological polar surface area (TPSA) is 59.2 Å². The molecule has 3 aromatic rings. The highest BCUT2D eigenvalue weighted by Crippen LogP contribution is 2.28. The van der Waals surface area contributed by atoms with Gasteiger partial charge in [0.25, 0.3) is 0 Å². The minimum atomic E-state index is -0.752. The summed E-state index contributed by atoms with van der Waals surface area (Å²) in [5, 5.41) is 4.22. The van der Waals surface area contributed by atoms with Gasteiger partial charge in [-0.05, 0) is 18.2 Å². The van der Waals surface area contributed by atoms with Crippen molar-refractivity contribution < 1.29 is 4.39 Å². The standard InChI is InChI=1S/C19H17FN6/c1-25-9-14(8-24-25)17-5-16-13(6-22-17)7-23-19(16)12-2-3-21-18(4-12)26-10-15(20)11-26/h2-6,8-9,15H,7,10-11H2,1H3. The van der Waals surface area contributed by atoms with Crippen LogP contribution in [0.1, 0.15) is 16.7 Å². The van der Waals surface area contributed by atoms with E-state index in [1.54, 1.807) is 10.9 Å². The van der Waals surface area contributed by atoms with Crippen molar-refractivity contribution in [1.29, 1.82) is 0 Å². The summed E-state index contributed by atoms with van der Waals surface area (Å²) in [6.45, 7) is 1.45. The number of fused-ring (bicyclic) bond motifs is 1. The molecule has 0 spiro atoms. The van der Waals surface area contributed by atoms with Crippen molar-refractivity contribution in [1.82, 2.24) is 19.7 Å². The van der Waals surface area contributed by atoms with Crippen molar-refractivity contribution in [3.05, 3.63) is 59.7 Å². The summed E-state index contributed by atoms with van der Waals surface area (Å²) in [6.07, 6.45) is 6.65. The number of aryl methyl sites for hydroxylation is 1. The minimum Gasteiger partial charge on any atom is -0.351 e. The van der Waals surface area contributed by atoms with Crippen LogP contribution in [0.25, 0.3) is 11.3 Å². The third-order valence-electron chi connectivity index (χ3n) is 4.83. The molecule has 0 saturated carbocycles. The van der Waals surface area contributed by atoms with E-state index in [9.17, 15) is 4.39 Å². The molecule has 2 aliphatic rings. The van der Waals surface area contributed by atoms with Gasteiger partial charge >= 0.3 is 0 Å². The molecule has 6 nitrogen and oxygen atoms in total. The van der Waals surface area contributed by atoms with Gasteiger partial charge in [-0.3, -0.25) is 14.7 Å².